The Kier molecular flexibility index (Phi) is 7.74. The van der Waals surface area contributed by atoms with Crippen LogP contribution >= 0.6 is 0 Å². The molecule has 2 N–H and O–H groups in total. The third-order valence-electron chi connectivity index (χ3n) is 10.0. The zero-order valence-electron chi connectivity index (χ0n) is 28.6. The van der Waals surface area contributed by atoms with E-state index in [2.05, 4.69) is 22.6 Å². The van der Waals surface area contributed by atoms with Gasteiger partial charge in [-0.05, 0) is 78.2 Å². The zero-order chi connectivity index (χ0) is 34.9. The molecule has 0 bridgehead atoms. The highest BCUT2D eigenvalue weighted by Gasteiger charge is 2.34. The van der Waals surface area contributed by atoms with Gasteiger partial charge < -0.3 is 38.9 Å². The first-order valence-corrected chi connectivity index (χ1v) is 17.2. The number of halogens is 1. The number of carbonyl (C=O) groups excluding carboxylic acids is 2. The number of carbonyl (C=O) groups is 2. The summed E-state index contributed by atoms with van der Waals surface area (Å²) in [5.74, 6) is -0.511. The van der Waals surface area contributed by atoms with Crippen LogP contribution in [0.4, 0.5) is 14.9 Å². The second-order valence-corrected chi connectivity index (χ2v) is 14.6. The summed E-state index contributed by atoms with van der Waals surface area (Å²) in [4.78, 5) is 44.4. The van der Waals surface area contributed by atoms with E-state index in [0.29, 0.717) is 53.7 Å². The normalized spacial score (nSPS) is 18.9. The predicted molar refractivity (Wildman–Crippen MR) is 189 cm³/mol. The van der Waals surface area contributed by atoms with Crippen molar-refractivity contribution in [2.45, 2.75) is 64.1 Å². The molecule has 8 rings (SSSR count). The van der Waals surface area contributed by atoms with Gasteiger partial charge in [-0.15, -0.1) is 0 Å². The first-order chi connectivity index (χ1) is 23.9. The molecule has 2 unspecified atom stereocenters. The van der Waals surface area contributed by atoms with Crippen LogP contribution in [-0.2, 0) is 4.74 Å². The van der Waals surface area contributed by atoms with Crippen LogP contribution in [0.2, 0.25) is 0 Å². The minimum absolute atomic E-state index is 0.0300. The Morgan fingerprint density at radius 2 is 1.86 bits per heavy atom. The number of likely N-dealkylation sites (tertiary alicyclic amines) is 2. The molecule has 12 heteroatoms. The molecule has 260 valence electrons. The van der Waals surface area contributed by atoms with Crippen LogP contribution in [0.1, 0.15) is 56.8 Å². The summed E-state index contributed by atoms with van der Waals surface area (Å²) in [5, 5.41) is 7.86. The minimum Gasteiger partial charge on any atom is -0.456 e. The van der Waals surface area contributed by atoms with E-state index in [4.69, 9.17) is 13.9 Å². The molecular formula is C38H40FN5O6. The number of hydrogen-bond acceptors (Lipinski definition) is 8. The summed E-state index contributed by atoms with van der Waals surface area (Å²) in [6.45, 7) is 7.43. The number of amides is 2. The zero-order valence-corrected chi connectivity index (χ0v) is 28.6. The summed E-state index contributed by atoms with van der Waals surface area (Å²) in [7, 11) is 2.11. The summed E-state index contributed by atoms with van der Waals surface area (Å²) >= 11 is 0. The Bertz CT molecular complexity index is 2250. The van der Waals surface area contributed by atoms with Crippen LogP contribution < -0.4 is 20.8 Å². The van der Waals surface area contributed by atoms with Gasteiger partial charge in [0.25, 0.3) is 5.91 Å². The Morgan fingerprint density at radius 1 is 1.04 bits per heavy atom. The number of ether oxygens (including phenoxy) is 2. The van der Waals surface area contributed by atoms with Crippen LogP contribution in [-0.4, -0.2) is 77.3 Å². The number of furan rings is 1. The van der Waals surface area contributed by atoms with E-state index >= 15 is 4.39 Å². The monoisotopic (exact) mass is 681 g/mol. The number of pyridine rings is 1. The van der Waals surface area contributed by atoms with Crippen molar-refractivity contribution in [1.82, 2.24) is 19.7 Å². The van der Waals surface area contributed by atoms with Crippen LogP contribution in [0.15, 0.2) is 57.9 Å². The number of nitrogens with zero attached hydrogens (tertiary/aromatic N) is 3. The molecule has 2 amide bonds. The van der Waals surface area contributed by atoms with Crippen molar-refractivity contribution in [3.05, 3.63) is 70.3 Å². The van der Waals surface area contributed by atoms with E-state index in [-0.39, 0.29) is 35.0 Å². The van der Waals surface area contributed by atoms with Crippen LogP contribution in [0.5, 0.6) is 11.5 Å². The number of rotatable bonds is 6. The maximum atomic E-state index is 16.1. The minimum atomic E-state index is -0.663. The lowest BCUT2D eigenvalue weighted by molar-refractivity contribution is 0.0502. The number of alkyl carbamates (subject to hydrolysis) is 1. The van der Waals surface area contributed by atoms with Crippen molar-refractivity contribution in [2.24, 2.45) is 0 Å². The highest BCUT2D eigenvalue weighted by molar-refractivity contribution is 6.07. The number of anilines is 1. The number of benzene rings is 3. The molecule has 50 heavy (non-hydrogen) atoms. The van der Waals surface area contributed by atoms with E-state index in [1.807, 2.05) is 36.4 Å². The standard InChI is InChI=1S/C38H40FN5O6/c1-38(2,3)50-37(47)41-21-12-15-43(19-21)36(46)26-20-44-28-18-30-24(23-9-5-6-10-29(23)48-30)17-31(28)49-35-32(27(39)16-25(33(35)44)34(26)45)40-13-11-22-8-7-14-42(22)4/h5-6,9-10,16-18,20-22,40H,7-8,11-15,19H2,1-4H3,(H,41,47). The molecule has 0 radical (unpaired) electrons. The van der Waals surface area contributed by atoms with Crippen molar-refractivity contribution in [2.75, 3.05) is 38.5 Å². The van der Waals surface area contributed by atoms with E-state index in [9.17, 15) is 14.4 Å². The Morgan fingerprint density at radius 3 is 2.64 bits per heavy atom. The number of hydrogen-bond donors (Lipinski definition) is 2. The quantitative estimate of drug-likeness (QED) is 0.198. The van der Waals surface area contributed by atoms with Gasteiger partial charge in [0.15, 0.2) is 17.3 Å². The third kappa shape index (κ3) is 5.61. The largest absolute Gasteiger partial charge is 0.456 e. The van der Waals surface area contributed by atoms with Crippen LogP contribution in [0.3, 0.4) is 0 Å². The fourth-order valence-electron chi connectivity index (χ4n) is 7.57. The summed E-state index contributed by atoms with van der Waals surface area (Å²) in [6, 6.07) is 12.6. The Labute approximate surface area is 287 Å². The first-order valence-electron chi connectivity index (χ1n) is 17.2. The smallest absolute Gasteiger partial charge is 0.407 e. The molecular weight excluding hydrogens is 641 g/mol. The SMILES string of the molecule is CN1CCCC1CCNc1c(F)cc2c(=O)c(C(=O)N3CCC(NC(=O)OC(C)(C)C)C3)cn3c2c1Oc1cc2c(cc1-3)oc1ccccc12. The number of fused-ring (bicyclic) bond motifs is 5. The van der Waals surface area contributed by atoms with E-state index < -0.39 is 28.8 Å². The Hall–Kier alpha value is -5.10. The maximum absolute atomic E-state index is 16.1. The van der Waals surface area contributed by atoms with E-state index in [0.717, 1.165) is 36.6 Å². The molecule has 3 aliphatic rings. The molecule has 2 fully saturated rings. The second-order valence-electron chi connectivity index (χ2n) is 14.6. The van der Waals surface area contributed by atoms with Gasteiger partial charge >= 0.3 is 6.09 Å². The highest BCUT2D eigenvalue weighted by Crippen LogP contribution is 2.47. The van der Waals surface area contributed by atoms with E-state index in [1.165, 1.54) is 17.2 Å². The molecule has 0 spiro atoms. The van der Waals surface area contributed by atoms with Crippen LogP contribution in [0.25, 0.3) is 38.5 Å². The average molecular weight is 682 g/mol. The lowest BCUT2D eigenvalue weighted by Crippen LogP contribution is -2.41. The molecule has 3 aromatic carbocycles. The van der Waals surface area contributed by atoms with Gasteiger partial charge in [0.2, 0.25) is 5.43 Å². The molecule has 0 saturated carbocycles. The summed E-state index contributed by atoms with van der Waals surface area (Å²) in [5.41, 5.74) is 1.03. The van der Waals surface area contributed by atoms with Gasteiger partial charge in [-0.2, -0.15) is 0 Å². The lowest BCUT2D eigenvalue weighted by Gasteiger charge is -2.27. The van der Waals surface area contributed by atoms with Crippen LogP contribution in [0, 0.1) is 5.82 Å². The van der Waals surface area contributed by atoms with Gasteiger partial charge in [-0.1, -0.05) is 18.2 Å². The first kappa shape index (κ1) is 32.1. The van der Waals surface area contributed by atoms with Crippen molar-refractivity contribution in [3.8, 4) is 17.2 Å². The third-order valence-corrected chi connectivity index (χ3v) is 10.0. The van der Waals surface area contributed by atoms with Crippen molar-refractivity contribution in [1.29, 1.82) is 0 Å². The molecule has 3 aliphatic heterocycles. The molecule has 2 atom stereocenters. The van der Waals surface area contributed by atoms with Crippen molar-refractivity contribution >= 4 is 50.5 Å². The number of para-hydroxylation sites is 1. The van der Waals surface area contributed by atoms with Gasteiger partial charge in [0.05, 0.1) is 17.1 Å². The maximum Gasteiger partial charge on any atom is 0.407 e. The average Bonchev–Trinajstić information content (AvgIpc) is 3.79. The molecule has 0 aliphatic carbocycles. The van der Waals surface area contributed by atoms with Crippen molar-refractivity contribution < 1.29 is 27.9 Å². The number of aromatic nitrogens is 1. The van der Waals surface area contributed by atoms with Gasteiger partial charge in [-0.3, -0.25) is 9.59 Å². The highest BCUT2D eigenvalue weighted by atomic mass is 19.1. The van der Waals surface area contributed by atoms with Gasteiger partial charge in [0.1, 0.15) is 33.5 Å². The molecule has 2 saturated heterocycles. The molecule has 11 nitrogen and oxygen atoms in total. The predicted octanol–water partition coefficient (Wildman–Crippen LogP) is 6.77. The van der Waals surface area contributed by atoms with E-state index in [1.54, 1.807) is 25.3 Å². The molecule has 5 heterocycles. The summed E-state index contributed by atoms with van der Waals surface area (Å²) in [6.07, 6.45) is 4.51. The summed E-state index contributed by atoms with van der Waals surface area (Å²) < 4.78 is 36.0. The second kappa shape index (κ2) is 12.0. The fraction of sp³-hybridized carbons (Fsp3) is 0.395. The lowest BCUT2D eigenvalue weighted by atomic mass is 10.0. The fourth-order valence-corrected chi connectivity index (χ4v) is 7.57. The van der Waals surface area contributed by atoms with Gasteiger partial charge in [-0.25, -0.2) is 9.18 Å². The number of nitrogens with one attached hydrogen (secondary N) is 2. The topological polar surface area (TPSA) is 118 Å². The van der Waals surface area contributed by atoms with Gasteiger partial charge in [0, 0.05) is 48.7 Å². The molecule has 5 aromatic rings. The Balaban J connectivity index is 1.20. The molecule has 2 aromatic heterocycles. The van der Waals surface area contributed by atoms with Crippen molar-refractivity contribution in [3.63, 3.8) is 0 Å².